The molecule has 104 valence electrons. The van der Waals surface area contributed by atoms with Gasteiger partial charge in [0.05, 0.1) is 6.07 Å². The van der Waals surface area contributed by atoms with E-state index >= 15 is 0 Å². The number of fused-ring (bicyclic) bond motifs is 1. The summed E-state index contributed by atoms with van der Waals surface area (Å²) in [6, 6.07) is 10.3. The molecule has 1 heterocycles. The van der Waals surface area contributed by atoms with Crippen LogP contribution in [0.25, 0.3) is 0 Å². The van der Waals surface area contributed by atoms with Gasteiger partial charge in [-0.3, -0.25) is 4.79 Å². The Labute approximate surface area is 119 Å². The Morgan fingerprint density at radius 1 is 1.35 bits per heavy atom. The summed E-state index contributed by atoms with van der Waals surface area (Å²) in [4.78, 5) is 14.5. The van der Waals surface area contributed by atoms with Crippen LogP contribution in [0.5, 0.6) is 0 Å². The van der Waals surface area contributed by atoms with E-state index in [-0.39, 0.29) is 17.9 Å². The quantitative estimate of drug-likeness (QED) is 0.831. The lowest BCUT2D eigenvalue weighted by atomic mass is 9.83. The van der Waals surface area contributed by atoms with E-state index in [9.17, 15) is 10.1 Å². The van der Waals surface area contributed by atoms with Gasteiger partial charge in [-0.15, -0.1) is 0 Å². The molecular weight excluding hydrogens is 250 g/mol. The topological polar surface area (TPSA) is 56.1 Å². The summed E-state index contributed by atoms with van der Waals surface area (Å²) >= 11 is 0. The first-order chi connectivity index (χ1) is 9.79. The van der Waals surface area contributed by atoms with E-state index in [4.69, 9.17) is 0 Å². The molecule has 0 aromatic heterocycles. The molecule has 0 radical (unpaired) electrons. The zero-order chi connectivity index (χ0) is 13.9. The van der Waals surface area contributed by atoms with Crippen LogP contribution in [-0.2, 0) is 17.6 Å². The maximum Gasteiger partial charge on any atom is 0.227 e. The van der Waals surface area contributed by atoms with E-state index in [1.54, 1.807) is 4.90 Å². The van der Waals surface area contributed by atoms with Crippen LogP contribution in [0, 0.1) is 17.2 Å². The molecule has 4 nitrogen and oxygen atoms in total. The molecule has 0 saturated carbocycles. The number of benzene rings is 1. The molecule has 4 heteroatoms. The van der Waals surface area contributed by atoms with Crippen molar-refractivity contribution in [1.29, 1.82) is 5.26 Å². The summed E-state index contributed by atoms with van der Waals surface area (Å²) in [5.41, 5.74) is 2.66. The second-order valence-electron chi connectivity index (χ2n) is 5.59. The highest BCUT2D eigenvalue weighted by Crippen LogP contribution is 2.27. The van der Waals surface area contributed by atoms with Crippen molar-refractivity contribution in [3.8, 4) is 6.07 Å². The van der Waals surface area contributed by atoms with E-state index in [1.165, 1.54) is 11.1 Å². The van der Waals surface area contributed by atoms with Gasteiger partial charge >= 0.3 is 0 Å². The Balaban J connectivity index is 1.74. The first-order valence-corrected chi connectivity index (χ1v) is 7.27. The smallest absolute Gasteiger partial charge is 0.227 e. The third kappa shape index (κ3) is 2.41. The van der Waals surface area contributed by atoms with Crippen molar-refractivity contribution < 1.29 is 4.79 Å². The number of piperazine rings is 1. The summed E-state index contributed by atoms with van der Waals surface area (Å²) in [6.45, 7) is 2.02. The van der Waals surface area contributed by atoms with Crippen molar-refractivity contribution >= 4 is 5.91 Å². The summed E-state index contributed by atoms with van der Waals surface area (Å²) in [5, 5.41) is 12.4. The van der Waals surface area contributed by atoms with E-state index in [2.05, 4.69) is 29.6 Å². The molecule has 1 aromatic rings. The average molecular weight is 269 g/mol. The molecule has 1 aliphatic carbocycles. The van der Waals surface area contributed by atoms with Gasteiger partial charge in [0, 0.05) is 25.6 Å². The summed E-state index contributed by atoms with van der Waals surface area (Å²) in [6.07, 6.45) is 2.69. The Bertz CT molecular complexity index is 549. The lowest BCUT2D eigenvalue weighted by molar-refractivity contribution is -0.138. The van der Waals surface area contributed by atoms with Gasteiger partial charge in [0.1, 0.15) is 6.04 Å². The minimum atomic E-state index is -0.312. The van der Waals surface area contributed by atoms with Crippen molar-refractivity contribution in [2.75, 3.05) is 19.6 Å². The number of hydrogen-bond acceptors (Lipinski definition) is 3. The highest BCUT2D eigenvalue weighted by molar-refractivity contribution is 5.80. The second kappa shape index (κ2) is 5.64. The highest BCUT2D eigenvalue weighted by atomic mass is 16.2. The van der Waals surface area contributed by atoms with E-state index in [0.29, 0.717) is 13.1 Å². The fourth-order valence-corrected chi connectivity index (χ4v) is 3.23. The van der Waals surface area contributed by atoms with E-state index < -0.39 is 0 Å². The first-order valence-electron chi connectivity index (χ1n) is 7.27. The van der Waals surface area contributed by atoms with Crippen molar-refractivity contribution in [3.05, 3.63) is 35.4 Å². The molecule has 2 aliphatic rings. The molecule has 20 heavy (non-hydrogen) atoms. The number of nitrogens with one attached hydrogen (secondary N) is 1. The van der Waals surface area contributed by atoms with Crippen molar-refractivity contribution in [2.24, 2.45) is 5.92 Å². The van der Waals surface area contributed by atoms with Crippen LogP contribution < -0.4 is 5.32 Å². The van der Waals surface area contributed by atoms with Crippen molar-refractivity contribution in [3.63, 3.8) is 0 Å². The zero-order valence-corrected chi connectivity index (χ0v) is 11.5. The summed E-state index contributed by atoms with van der Waals surface area (Å²) < 4.78 is 0. The molecule has 1 aromatic carbocycles. The van der Waals surface area contributed by atoms with Crippen molar-refractivity contribution in [1.82, 2.24) is 10.2 Å². The van der Waals surface area contributed by atoms with Crippen LogP contribution in [0.1, 0.15) is 17.5 Å². The minimum absolute atomic E-state index is 0.0406. The maximum absolute atomic E-state index is 12.7. The predicted octanol–water partition coefficient (Wildman–Crippen LogP) is 1.12. The monoisotopic (exact) mass is 269 g/mol. The first kappa shape index (κ1) is 13.1. The molecule has 1 aliphatic heterocycles. The SMILES string of the molecule is N#CC1CNCCN1C(=O)C1CCc2ccccc2C1. The zero-order valence-electron chi connectivity index (χ0n) is 11.5. The van der Waals surface area contributed by atoms with Gasteiger partial charge in [0.15, 0.2) is 0 Å². The fourth-order valence-electron chi connectivity index (χ4n) is 3.23. The molecule has 1 N–H and O–H groups in total. The molecule has 3 rings (SSSR count). The minimum Gasteiger partial charge on any atom is -0.324 e. The Hall–Kier alpha value is -1.86. The van der Waals surface area contributed by atoms with Gasteiger partial charge in [-0.2, -0.15) is 5.26 Å². The van der Waals surface area contributed by atoms with Crippen LogP contribution in [-0.4, -0.2) is 36.5 Å². The Morgan fingerprint density at radius 3 is 2.95 bits per heavy atom. The third-order valence-corrected chi connectivity index (χ3v) is 4.37. The second-order valence-corrected chi connectivity index (χ2v) is 5.59. The summed E-state index contributed by atoms with van der Waals surface area (Å²) in [7, 11) is 0. The van der Waals surface area contributed by atoms with Gasteiger partial charge in [0.25, 0.3) is 0 Å². The predicted molar refractivity (Wildman–Crippen MR) is 75.9 cm³/mol. The molecule has 0 bridgehead atoms. The molecule has 1 saturated heterocycles. The maximum atomic E-state index is 12.7. The number of nitriles is 1. The molecular formula is C16H19N3O. The van der Waals surface area contributed by atoms with Crippen LogP contribution in [0.4, 0.5) is 0 Å². The van der Waals surface area contributed by atoms with Gasteiger partial charge in [-0.1, -0.05) is 24.3 Å². The number of nitrogens with zero attached hydrogens (tertiary/aromatic N) is 2. The lowest BCUT2D eigenvalue weighted by Crippen LogP contribution is -2.55. The number of carbonyl (C=O) groups excluding carboxylic acids is 1. The standard InChI is InChI=1S/C16H19N3O/c17-10-15-11-18-7-8-19(15)16(20)14-6-5-12-3-1-2-4-13(12)9-14/h1-4,14-15,18H,5-9,11H2. The van der Waals surface area contributed by atoms with Gasteiger partial charge in [-0.05, 0) is 30.4 Å². The normalized spacial score (nSPS) is 25.6. The average Bonchev–Trinajstić information content (AvgIpc) is 2.53. The summed E-state index contributed by atoms with van der Waals surface area (Å²) in [5.74, 6) is 0.200. The van der Waals surface area contributed by atoms with Crippen LogP contribution in [0.15, 0.2) is 24.3 Å². The van der Waals surface area contributed by atoms with E-state index in [1.807, 2.05) is 6.07 Å². The molecule has 1 amide bonds. The number of aryl methyl sites for hydroxylation is 1. The van der Waals surface area contributed by atoms with Gasteiger partial charge < -0.3 is 10.2 Å². The molecule has 2 atom stereocenters. The van der Waals surface area contributed by atoms with Gasteiger partial charge in [0.2, 0.25) is 5.91 Å². The molecule has 2 unspecified atom stereocenters. The fraction of sp³-hybridized carbons (Fsp3) is 0.500. The lowest BCUT2D eigenvalue weighted by Gasteiger charge is -2.36. The number of rotatable bonds is 1. The highest BCUT2D eigenvalue weighted by Gasteiger charge is 2.33. The largest absolute Gasteiger partial charge is 0.324 e. The molecule has 0 spiro atoms. The Morgan fingerprint density at radius 2 is 2.15 bits per heavy atom. The van der Waals surface area contributed by atoms with Crippen LogP contribution >= 0.6 is 0 Å². The number of amides is 1. The van der Waals surface area contributed by atoms with Gasteiger partial charge in [-0.25, -0.2) is 0 Å². The molecule has 1 fully saturated rings. The number of carbonyl (C=O) groups is 1. The third-order valence-electron chi connectivity index (χ3n) is 4.37. The van der Waals surface area contributed by atoms with Crippen molar-refractivity contribution in [2.45, 2.75) is 25.3 Å². The number of hydrogen-bond donors (Lipinski definition) is 1. The van der Waals surface area contributed by atoms with E-state index in [0.717, 1.165) is 25.8 Å². The van der Waals surface area contributed by atoms with Crippen LogP contribution in [0.3, 0.4) is 0 Å². The Kier molecular flexibility index (Phi) is 3.70. The van der Waals surface area contributed by atoms with Crippen LogP contribution in [0.2, 0.25) is 0 Å².